The highest BCUT2D eigenvalue weighted by atomic mass is 35.5. The molecule has 1 aromatic heterocycles. The molecular weight excluding hydrogens is 323 g/mol. The van der Waals surface area contributed by atoms with E-state index in [1.54, 1.807) is 4.72 Å². The number of carbonyl (C=O) groups is 1. The zero-order valence-corrected chi connectivity index (χ0v) is 11.8. The van der Waals surface area contributed by atoms with Gasteiger partial charge in [-0.1, -0.05) is 11.6 Å². The third-order valence-electron chi connectivity index (χ3n) is 2.47. The van der Waals surface area contributed by atoms with Gasteiger partial charge in [0.1, 0.15) is 10.8 Å². The van der Waals surface area contributed by atoms with Crippen molar-refractivity contribution in [2.45, 2.75) is 4.90 Å². The first-order chi connectivity index (χ1) is 9.79. The van der Waals surface area contributed by atoms with Crippen molar-refractivity contribution in [1.82, 2.24) is 9.71 Å². The maximum absolute atomic E-state index is 12.8. The monoisotopic (exact) mass is 330 g/mol. The van der Waals surface area contributed by atoms with Crippen LogP contribution >= 0.6 is 11.6 Å². The summed E-state index contributed by atoms with van der Waals surface area (Å²) in [5.74, 6) is -1.58. The predicted molar refractivity (Wildman–Crippen MR) is 73.1 cm³/mol. The van der Waals surface area contributed by atoms with E-state index in [4.69, 9.17) is 11.6 Å². The Hall–Kier alpha value is -2.19. The fourth-order valence-corrected chi connectivity index (χ4v) is 2.59. The summed E-state index contributed by atoms with van der Waals surface area (Å²) in [7, 11) is -4.15. The molecule has 2 aromatic rings. The molecule has 0 aliphatic carbocycles. The van der Waals surface area contributed by atoms with Gasteiger partial charge in [0.15, 0.2) is 0 Å². The van der Waals surface area contributed by atoms with Crippen LogP contribution in [0.15, 0.2) is 46.2 Å². The van der Waals surface area contributed by atoms with Crippen molar-refractivity contribution in [3.8, 4) is 0 Å². The molecule has 0 aliphatic rings. The van der Waals surface area contributed by atoms with Crippen LogP contribution in [-0.4, -0.2) is 19.3 Å². The van der Waals surface area contributed by atoms with Crippen molar-refractivity contribution in [3.63, 3.8) is 0 Å². The second kappa shape index (κ2) is 5.66. The van der Waals surface area contributed by atoms with E-state index in [1.807, 2.05) is 0 Å². The molecule has 0 atom stereocenters. The van der Waals surface area contributed by atoms with E-state index < -0.39 is 27.3 Å². The summed E-state index contributed by atoms with van der Waals surface area (Å²) in [6, 6.07) is 4.98. The molecule has 0 fully saturated rings. The van der Waals surface area contributed by atoms with Crippen LogP contribution < -0.4 is 10.3 Å². The lowest BCUT2D eigenvalue weighted by molar-refractivity contribution is 0.0981. The molecule has 0 saturated heterocycles. The molecule has 0 aliphatic heterocycles. The van der Waals surface area contributed by atoms with Crippen molar-refractivity contribution in [1.29, 1.82) is 0 Å². The average Bonchev–Trinajstić information content (AvgIpc) is 2.41. The number of amides is 1. The van der Waals surface area contributed by atoms with Gasteiger partial charge in [0.05, 0.1) is 10.5 Å². The number of nitrogens with one attached hydrogen (secondary N) is 2. The Labute approximate surface area is 123 Å². The summed E-state index contributed by atoms with van der Waals surface area (Å²) in [6.07, 6.45) is 1.03. The molecule has 0 radical (unpaired) electrons. The number of aromatic nitrogens is 1. The second-order valence-corrected chi connectivity index (χ2v) is 6.04. The molecule has 1 amide bonds. The number of aromatic amines is 1. The fourth-order valence-electron chi connectivity index (χ4n) is 1.44. The minimum absolute atomic E-state index is 0.134. The van der Waals surface area contributed by atoms with Gasteiger partial charge in [0.25, 0.3) is 21.5 Å². The molecule has 1 aromatic carbocycles. The number of H-pyrrole nitrogens is 1. The molecule has 2 N–H and O–H groups in total. The molecular formula is C12H8ClFN2O4S. The van der Waals surface area contributed by atoms with Crippen LogP contribution in [0.2, 0.25) is 5.02 Å². The molecule has 2 rings (SSSR count). The van der Waals surface area contributed by atoms with Gasteiger partial charge in [0.2, 0.25) is 0 Å². The van der Waals surface area contributed by atoms with Gasteiger partial charge < -0.3 is 4.98 Å². The zero-order chi connectivity index (χ0) is 15.6. The summed E-state index contributed by atoms with van der Waals surface area (Å²) in [4.78, 5) is 24.8. The molecule has 0 saturated carbocycles. The number of carbonyl (C=O) groups excluding carboxylic acids is 1. The number of rotatable bonds is 3. The number of benzene rings is 1. The Balaban J connectivity index is 2.27. The molecule has 0 spiro atoms. The van der Waals surface area contributed by atoms with Gasteiger partial charge >= 0.3 is 0 Å². The lowest BCUT2D eigenvalue weighted by Crippen LogP contribution is -2.31. The van der Waals surface area contributed by atoms with Gasteiger partial charge in [-0.05, 0) is 30.3 Å². The van der Waals surface area contributed by atoms with Crippen LogP contribution in [0.25, 0.3) is 0 Å². The maximum atomic E-state index is 12.8. The first kappa shape index (κ1) is 15.2. The Morgan fingerprint density at radius 2 is 1.86 bits per heavy atom. The number of sulfonamides is 1. The molecule has 0 unspecified atom stereocenters. The van der Waals surface area contributed by atoms with Crippen molar-refractivity contribution in [3.05, 3.63) is 63.3 Å². The second-order valence-electron chi connectivity index (χ2n) is 3.95. The highest BCUT2D eigenvalue weighted by molar-refractivity contribution is 7.90. The molecule has 21 heavy (non-hydrogen) atoms. The van der Waals surface area contributed by atoms with E-state index in [9.17, 15) is 22.4 Å². The quantitative estimate of drug-likeness (QED) is 0.886. The van der Waals surface area contributed by atoms with E-state index in [0.717, 1.165) is 36.5 Å². The van der Waals surface area contributed by atoms with Crippen molar-refractivity contribution in [2.75, 3.05) is 0 Å². The molecule has 6 nitrogen and oxygen atoms in total. The standard InChI is InChI=1S/C12H8ClFN2O4S/c13-10-5-7(6-15-12(10)18)11(17)16-21(19,20)9-3-1-8(14)2-4-9/h1-6H,(H,15,18)(H,16,17). The van der Waals surface area contributed by atoms with Crippen LogP contribution in [0, 0.1) is 5.82 Å². The zero-order valence-electron chi connectivity index (χ0n) is 10.3. The van der Waals surface area contributed by atoms with E-state index >= 15 is 0 Å². The normalized spacial score (nSPS) is 11.1. The van der Waals surface area contributed by atoms with Crippen LogP contribution in [0.3, 0.4) is 0 Å². The van der Waals surface area contributed by atoms with E-state index in [1.165, 1.54) is 0 Å². The van der Waals surface area contributed by atoms with Crippen LogP contribution in [0.4, 0.5) is 4.39 Å². The third-order valence-corrected chi connectivity index (χ3v) is 4.10. The average molecular weight is 331 g/mol. The topological polar surface area (TPSA) is 96.1 Å². The fraction of sp³-hybridized carbons (Fsp3) is 0. The Bertz CT molecular complexity index is 846. The minimum Gasteiger partial charge on any atom is -0.327 e. The Kier molecular flexibility index (Phi) is 4.10. The van der Waals surface area contributed by atoms with Crippen LogP contribution in [-0.2, 0) is 10.0 Å². The Morgan fingerprint density at radius 1 is 1.24 bits per heavy atom. The summed E-state index contributed by atoms with van der Waals surface area (Å²) in [5, 5.41) is -0.248. The highest BCUT2D eigenvalue weighted by Crippen LogP contribution is 2.11. The van der Waals surface area contributed by atoms with Crippen molar-refractivity contribution in [2.24, 2.45) is 0 Å². The molecule has 0 bridgehead atoms. The number of halogens is 2. The van der Waals surface area contributed by atoms with Crippen molar-refractivity contribution < 1.29 is 17.6 Å². The van der Waals surface area contributed by atoms with Crippen LogP contribution in [0.1, 0.15) is 10.4 Å². The van der Waals surface area contributed by atoms with Gasteiger partial charge in [-0.15, -0.1) is 0 Å². The summed E-state index contributed by atoms with van der Waals surface area (Å²) < 4.78 is 38.4. The summed E-state index contributed by atoms with van der Waals surface area (Å²) in [6.45, 7) is 0. The minimum atomic E-state index is -4.15. The smallest absolute Gasteiger partial charge is 0.266 e. The van der Waals surface area contributed by atoms with E-state index in [0.29, 0.717) is 0 Å². The lowest BCUT2D eigenvalue weighted by Gasteiger charge is -2.07. The van der Waals surface area contributed by atoms with Crippen LogP contribution in [0.5, 0.6) is 0 Å². The molecule has 1 heterocycles. The molecule has 110 valence electrons. The summed E-state index contributed by atoms with van der Waals surface area (Å²) in [5.41, 5.74) is -0.736. The number of hydrogen-bond acceptors (Lipinski definition) is 4. The van der Waals surface area contributed by atoms with Gasteiger partial charge in [-0.2, -0.15) is 0 Å². The molecule has 9 heteroatoms. The first-order valence-electron chi connectivity index (χ1n) is 5.50. The van der Waals surface area contributed by atoms with Gasteiger partial charge in [0, 0.05) is 6.20 Å². The largest absolute Gasteiger partial charge is 0.327 e. The summed E-state index contributed by atoms with van der Waals surface area (Å²) >= 11 is 5.55. The highest BCUT2D eigenvalue weighted by Gasteiger charge is 2.19. The first-order valence-corrected chi connectivity index (χ1v) is 7.36. The number of pyridine rings is 1. The maximum Gasteiger partial charge on any atom is 0.266 e. The van der Waals surface area contributed by atoms with Gasteiger partial charge in [-0.25, -0.2) is 17.5 Å². The van der Waals surface area contributed by atoms with Crippen molar-refractivity contribution >= 4 is 27.5 Å². The Morgan fingerprint density at radius 3 is 2.43 bits per heavy atom. The van der Waals surface area contributed by atoms with E-state index in [2.05, 4.69) is 4.98 Å². The number of hydrogen-bond donors (Lipinski definition) is 2. The predicted octanol–water partition coefficient (Wildman–Crippen LogP) is 1.29. The lowest BCUT2D eigenvalue weighted by atomic mass is 10.3. The SMILES string of the molecule is O=C(NS(=O)(=O)c1ccc(F)cc1)c1c[nH]c(=O)c(Cl)c1. The van der Waals surface area contributed by atoms with Gasteiger partial charge in [-0.3, -0.25) is 9.59 Å². The van der Waals surface area contributed by atoms with E-state index in [-0.39, 0.29) is 15.5 Å². The third kappa shape index (κ3) is 3.47.